The first-order chi connectivity index (χ1) is 18.0. The van der Waals surface area contributed by atoms with Crippen LogP contribution in [-0.2, 0) is 0 Å². The lowest BCUT2D eigenvalue weighted by atomic mass is 10.0. The van der Waals surface area contributed by atoms with Crippen LogP contribution in [0.3, 0.4) is 0 Å². The Bertz CT molecular complexity index is 1320. The molecule has 4 aromatic rings. The van der Waals surface area contributed by atoms with E-state index >= 15 is 0 Å². The minimum absolute atomic E-state index is 0.699. The van der Waals surface area contributed by atoms with Crippen molar-refractivity contribution in [1.82, 2.24) is 25.0 Å². The normalized spacial score (nSPS) is 13.8. The topological polar surface area (TPSA) is 48.0 Å². The van der Waals surface area contributed by atoms with Gasteiger partial charge in [0.1, 0.15) is 0 Å². The summed E-state index contributed by atoms with van der Waals surface area (Å²) in [5.41, 5.74) is 7.28. The summed E-state index contributed by atoms with van der Waals surface area (Å²) in [6.07, 6.45) is 9.22. The second kappa shape index (κ2) is 12.7. The second-order valence-electron chi connectivity index (χ2n) is 9.49. The van der Waals surface area contributed by atoms with Crippen molar-refractivity contribution in [3.05, 3.63) is 90.4 Å². The zero-order chi connectivity index (χ0) is 26.2. The van der Waals surface area contributed by atoms with Crippen LogP contribution in [0.1, 0.15) is 31.7 Å². The summed E-state index contributed by atoms with van der Waals surface area (Å²) in [5, 5.41) is 8.45. The number of aromatic nitrogens is 3. The first-order valence-electron chi connectivity index (χ1n) is 12.9. The number of hydrogen-bond acceptors (Lipinski definition) is 4. The zero-order valence-electron chi connectivity index (χ0n) is 21.9. The van der Waals surface area contributed by atoms with Crippen LogP contribution in [0.25, 0.3) is 39.4 Å². The fraction of sp³-hybridized carbons (Fsp3) is 0.290. The summed E-state index contributed by atoms with van der Waals surface area (Å²) in [6, 6.07) is 16.1. The van der Waals surface area contributed by atoms with Crippen LogP contribution >= 0.6 is 11.6 Å². The van der Waals surface area contributed by atoms with E-state index in [1.54, 1.807) is 12.3 Å². The first kappa shape index (κ1) is 26.6. The summed E-state index contributed by atoms with van der Waals surface area (Å²) in [6.45, 7) is 14.9. The number of piperazine rings is 1. The van der Waals surface area contributed by atoms with Crippen molar-refractivity contribution in [1.29, 1.82) is 0 Å². The van der Waals surface area contributed by atoms with Gasteiger partial charge >= 0.3 is 0 Å². The maximum absolute atomic E-state index is 6.44. The number of rotatable bonds is 7. The van der Waals surface area contributed by atoms with Crippen LogP contribution in [0.4, 0.5) is 0 Å². The molecule has 0 radical (unpaired) electrons. The number of nitrogens with zero attached hydrogens (tertiary/aromatic N) is 4. The van der Waals surface area contributed by atoms with Gasteiger partial charge in [-0.05, 0) is 43.1 Å². The lowest BCUT2D eigenvalue weighted by Gasteiger charge is -2.35. The molecule has 0 saturated carbocycles. The van der Waals surface area contributed by atoms with Gasteiger partial charge in [0.2, 0.25) is 0 Å². The lowest BCUT2D eigenvalue weighted by molar-refractivity contribution is 0.182. The molecule has 0 unspecified atom stereocenters. The molecule has 6 heteroatoms. The van der Waals surface area contributed by atoms with Gasteiger partial charge in [-0.2, -0.15) is 5.10 Å². The highest BCUT2D eigenvalue weighted by Crippen LogP contribution is 2.30. The molecular weight excluding hydrogens is 478 g/mol. The minimum atomic E-state index is 0.699. The van der Waals surface area contributed by atoms with Gasteiger partial charge in [-0.15, -0.1) is 0 Å². The number of H-pyrrole nitrogens is 1. The third-order valence-corrected chi connectivity index (χ3v) is 7.11. The zero-order valence-corrected chi connectivity index (χ0v) is 22.6. The third kappa shape index (κ3) is 6.88. The Labute approximate surface area is 225 Å². The predicted octanol–water partition coefficient (Wildman–Crippen LogP) is 7.53. The highest BCUT2D eigenvalue weighted by Gasteiger charge is 2.14. The molecule has 1 fully saturated rings. The van der Waals surface area contributed by atoms with Crippen LogP contribution in [0.5, 0.6) is 0 Å². The molecule has 1 saturated heterocycles. The number of hydrogen-bond donors (Lipinski definition) is 1. The number of allylic oxidation sites excluding steroid dienone is 1. The summed E-state index contributed by atoms with van der Waals surface area (Å²) >= 11 is 6.44. The average Bonchev–Trinajstić information content (AvgIpc) is 3.47. The quantitative estimate of drug-likeness (QED) is 0.277. The van der Waals surface area contributed by atoms with Crippen molar-refractivity contribution in [2.24, 2.45) is 0 Å². The lowest BCUT2D eigenvalue weighted by Crippen LogP contribution is -2.43. The number of halogens is 1. The molecule has 0 aliphatic carbocycles. The van der Waals surface area contributed by atoms with E-state index in [0.29, 0.717) is 5.02 Å². The van der Waals surface area contributed by atoms with Crippen LogP contribution in [0.2, 0.25) is 5.02 Å². The largest absolute Gasteiger partial charge is 0.373 e. The smallest absolute Gasteiger partial charge is 0.0730 e. The molecule has 0 spiro atoms. The number of benzene rings is 2. The molecule has 1 aliphatic rings. The van der Waals surface area contributed by atoms with E-state index in [2.05, 4.69) is 59.3 Å². The van der Waals surface area contributed by atoms with E-state index < -0.39 is 0 Å². The van der Waals surface area contributed by atoms with Crippen LogP contribution in [-0.4, -0.2) is 58.2 Å². The summed E-state index contributed by atoms with van der Waals surface area (Å²) in [4.78, 5) is 9.58. The van der Waals surface area contributed by atoms with E-state index in [4.69, 9.17) is 16.6 Å². The summed E-state index contributed by atoms with van der Waals surface area (Å²) in [5.74, 6) is 0. The molecule has 3 heterocycles. The molecule has 2 aromatic heterocycles. The fourth-order valence-electron chi connectivity index (χ4n) is 4.38. The fourth-order valence-corrected chi connectivity index (χ4v) is 4.64. The van der Waals surface area contributed by atoms with Crippen molar-refractivity contribution >= 4 is 28.6 Å². The van der Waals surface area contributed by atoms with Crippen LogP contribution < -0.4 is 0 Å². The first-order valence-corrected chi connectivity index (χ1v) is 13.3. The number of likely N-dealkylation sites (N-methyl/N-ethyl adjacent to an activating group) is 1. The number of aromatic amines is 1. The molecule has 1 aliphatic heterocycles. The number of fused-ring (bicyclic) bond motifs is 1. The van der Waals surface area contributed by atoms with Gasteiger partial charge in [0.05, 0.1) is 22.4 Å². The van der Waals surface area contributed by atoms with Crippen molar-refractivity contribution in [3.63, 3.8) is 0 Å². The Morgan fingerprint density at radius 1 is 1.03 bits per heavy atom. The van der Waals surface area contributed by atoms with Crippen molar-refractivity contribution in [2.45, 2.75) is 26.2 Å². The van der Waals surface area contributed by atoms with E-state index in [-0.39, 0.29) is 0 Å². The third-order valence-electron chi connectivity index (χ3n) is 6.80. The molecule has 5 rings (SSSR count). The molecule has 37 heavy (non-hydrogen) atoms. The average molecular weight is 514 g/mol. The van der Waals surface area contributed by atoms with Gasteiger partial charge in [-0.3, -0.25) is 5.10 Å². The minimum Gasteiger partial charge on any atom is -0.373 e. The number of nitrogens with one attached hydrogen (secondary N) is 1. The molecule has 0 bridgehead atoms. The maximum atomic E-state index is 6.44. The molecule has 1 N–H and O–H groups in total. The predicted molar refractivity (Wildman–Crippen MR) is 158 cm³/mol. The Hall–Kier alpha value is -3.41. The number of pyridine rings is 1. The Morgan fingerprint density at radius 3 is 2.41 bits per heavy atom. The standard InChI is InChI=1S/C20H14ClN3.C11H22N2/c1-2-13-3-8-17-18(21)10-19(24-20(17)9-13)15-6-4-14(5-7-15)16-11-22-23-12-16;1-4-5-6-11(2)13-9-7-12(3)8-10-13/h2-12H,1H2,(H,22,23);2,4-10H2,1,3H3. The Kier molecular flexibility index (Phi) is 9.15. The van der Waals surface area contributed by atoms with Gasteiger partial charge in [0, 0.05) is 54.6 Å². The van der Waals surface area contributed by atoms with Crippen LogP contribution in [0.15, 0.2) is 79.8 Å². The second-order valence-corrected chi connectivity index (χ2v) is 9.90. The highest BCUT2D eigenvalue weighted by atomic mass is 35.5. The SMILES string of the molecule is C=C(CCCC)N1CCN(C)CC1.C=Cc1ccc2c(Cl)cc(-c3ccc(-c4cn[nH]c4)cc3)nc2c1. The Balaban J connectivity index is 0.000000209. The summed E-state index contributed by atoms with van der Waals surface area (Å²) < 4.78 is 0. The van der Waals surface area contributed by atoms with Gasteiger partial charge in [0.15, 0.2) is 0 Å². The van der Waals surface area contributed by atoms with Crippen LogP contribution in [0, 0.1) is 0 Å². The van der Waals surface area contributed by atoms with Crippen molar-refractivity contribution < 1.29 is 0 Å². The van der Waals surface area contributed by atoms with Crippen molar-refractivity contribution in [2.75, 3.05) is 33.2 Å². The molecule has 5 nitrogen and oxygen atoms in total. The molecular formula is C31H36ClN5. The maximum Gasteiger partial charge on any atom is 0.0730 e. The molecule has 0 amide bonds. The van der Waals surface area contributed by atoms with Gasteiger partial charge in [-0.25, -0.2) is 4.98 Å². The van der Waals surface area contributed by atoms with Crippen molar-refractivity contribution in [3.8, 4) is 22.4 Å². The molecule has 0 atom stereocenters. The van der Waals surface area contributed by atoms with Gasteiger partial charge < -0.3 is 9.80 Å². The Morgan fingerprint density at radius 2 is 1.76 bits per heavy atom. The van der Waals surface area contributed by atoms with E-state index in [1.165, 1.54) is 51.1 Å². The van der Waals surface area contributed by atoms with E-state index in [0.717, 1.165) is 38.9 Å². The molecule has 2 aromatic carbocycles. The monoisotopic (exact) mass is 513 g/mol. The molecule has 192 valence electrons. The summed E-state index contributed by atoms with van der Waals surface area (Å²) in [7, 11) is 2.19. The van der Waals surface area contributed by atoms with E-state index in [9.17, 15) is 0 Å². The highest BCUT2D eigenvalue weighted by molar-refractivity contribution is 6.35. The number of unbranched alkanes of at least 4 members (excludes halogenated alkanes) is 1. The van der Waals surface area contributed by atoms with E-state index in [1.807, 2.05) is 42.6 Å². The van der Waals surface area contributed by atoms with Gasteiger partial charge in [0.25, 0.3) is 0 Å². The van der Waals surface area contributed by atoms with Gasteiger partial charge in [-0.1, -0.05) is 80.6 Å².